The van der Waals surface area contributed by atoms with Crippen LogP contribution in [0.1, 0.15) is 37.0 Å². The summed E-state index contributed by atoms with van der Waals surface area (Å²) >= 11 is 13.0. The van der Waals surface area contributed by atoms with E-state index < -0.39 is 6.04 Å². The Kier molecular flexibility index (Phi) is 9.53. The van der Waals surface area contributed by atoms with Crippen molar-refractivity contribution in [3.8, 4) is 11.5 Å². The zero-order chi connectivity index (χ0) is 27.1. The Labute approximate surface area is 233 Å². The molecule has 0 saturated carbocycles. The van der Waals surface area contributed by atoms with Crippen LogP contribution in [0.25, 0.3) is 0 Å². The molecule has 1 unspecified atom stereocenters. The van der Waals surface area contributed by atoms with Crippen LogP contribution >= 0.6 is 23.2 Å². The summed E-state index contributed by atoms with van der Waals surface area (Å²) in [5, 5.41) is 3.93. The predicted molar refractivity (Wildman–Crippen MR) is 150 cm³/mol. The maximum Gasteiger partial charge on any atom is 0.243 e. The van der Waals surface area contributed by atoms with Crippen molar-refractivity contribution < 1.29 is 19.1 Å². The maximum absolute atomic E-state index is 13.9. The molecule has 4 rings (SSSR count). The molecule has 1 heterocycles. The molecule has 0 radical (unpaired) electrons. The Bertz CT molecular complexity index is 1250. The molecular formula is C30H32Cl2N2O4. The highest BCUT2D eigenvalue weighted by Crippen LogP contribution is 2.33. The largest absolute Gasteiger partial charge is 0.454 e. The average molecular weight is 556 g/mol. The van der Waals surface area contributed by atoms with Crippen LogP contribution in [0.2, 0.25) is 10.0 Å². The van der Waals surface area contributed by atoms with Gasteiger partial charge in [0.15, 0.2) is 11.5 Å². The Balaban J connectivity index is 1.63. The zero-order valence-electron chi connectivity index (χ0n) is 21.6. The molecule has 2 amide bonds. The van der Waals surface area contributed by atoms with E-state index in [2.05, 4.69) is 5.32 Å². The Hall–Kier alpha value is -3.22. The standard InChI is InChI=1S/C30H32Cl2N2O4/c1-20(2)17-33-30(36)26(15-21-7-4-3-5-8-21)34(18-23-24(31)9-6-10-25(23)32)29(35)14-12-22-11-13-27-28(16-22)38-19-37-27/h3-11,13,16,20,26H,12,14-15,17-19H2,1-2H3,(H,33,36). The molecule has 0 saturated heterocycles. The van der Waals surface area contributed by atoms with Crippen molar-refractivity contribution in [2.75, 3.05) is 13.3 Å². The minimum atomic E-state index is -0.743. The number of ether oxygens (including phenoxy) is 2. The third-order valence-electron chi connectivity index (χ3n) is 6.41. The third kappa shape index (κ3) is 7.21. The lowest BCUT2D eigenvalue weighted by molar-refractivity contribution is -0.141. The van der Waals surface area contributed by atoms with Crippen LogP contribution in [0.5, 0.6) is 11.5 Å². The number of carbonyl (C=O) groups excluding carboxylic acids is 2. The molecule has 3 aromatic carbocycles. The van der Waals surface area contributed by atoms with Crippen LogP contribution in [0.3, 0.4) is 0 Å². The van der Waals surface area contributed by atoms with Gasteiger partial charge < -0.3 is 19.7 Å². The van der Waals surface area contributed by atoms with E-state index >= 15 is 0 Å². The van der Waals surface area contributed by atoms with E-state index in [1.165, 1.54) is 0 Å². The van der Waals surface area contributed by atoms with E-state index in [9.17, 15) is 9.59 Å². The molecule has 1 N–H and O–H groups in total. The van der Waals surface area contributed by atoms with Gasteiger partial charge in [-0.05, 0) is 47.7 Å². The number of rotatable bonds is 11. The minimum Gasteiger partial charge on any atom is -0.454 e. The number of carbonyl (C=O) groups is 2. The Morgan fingerprint density at radius 1 is 0.921 bits per heavy atom. The first-order valence-corrected chi connectivity index (χ1v) is 13.5. The summed E-state index contributed by atoms with van der Waals surface area (Å²) in [4.78, 5) is 29.0. The molecule has 0 aliphatic carbocycles. The summed E-state index contributed by atoms with van der Waals surface area (Å²) in [5.41, 5.74) is 2.51. The number of aryl methyl sites for hydroxylation is 1. The van der Waals surface area contributed by atoms with Crippen molar-refractivity contribution in [3.63, 3.8) is 0 Å². The SMILES string of the molecule is CC(C)CNC(=O)C(Cc1ccccc1)N(Cc1c(Cl)cccc1Cl)C(=O)CCc1ccc2c(c1)OCO2. The molecule has 8 heteroatoms. The lowest BCUT2D eigenvalue weighted by atomic mass is 10.0. The minimum absolute atomic E-state index is 0.116. The highest BCUT2D eigenvalue weighted by atomic mass is 35.5. The van der Waals surface area contributed by atoms with Gasteiger partial charge in [-0.25, -0.2) is 0 Å². The highest BCUT2D eigenvalue weighted by molar-refractivity contribution is 6.36. The van der Waals surface area contributed by atoms with E-state index in [-0.39, 0.29) is 37.5 Å². The second-order valence-electron chi connectivity index (χ2n) is 9.75. The number of amides is 2. The second kappa shape index (κ2) is 13.0. The summed E-state index contributed by atoms with van der Waals surface area (Å²) in [6, 6.07) is 19.9. The van der Waals surface area contributed by atoms with Gasteiger partial charge in [0.2, 0.25) is 18.6 Å². The molecule has 0 aromatic heterocycles. The summed E-state index contributed by atoms with van der Waals surface area (Å²) in [6.45, 7) is 4.88. The number of nitrogens with one attached hydrogen (secondary N) is 1. The number of hydrogen-bond donors (Lipinski definition) is 1. The van der Waals surface area contributed by atoms with Crippen molar-refractivity contribution in [3.05, 3.63) is 93.5 Å². The van der Waals surface area contributed by atoms with Gasteiger partial charge in [0, 0.05) is 41.5 Å². The van der Waals surface area contributed by atoms with Crippen LogP contribution < -0.4 is 14.8 Å². The monoisotopic (exact) mass is 554 g/mol. The third-order valence-corrected chi connectivity index (χ3v) is 7.12. The molecule has 3 aromatic rings. The number of halogens is 2. The summed E-state index contributed by atoms with van der Waals surface area (Å²) in [6.07, 6.45) is 1.04. The molecule has 1 aliphatic rings. The molecule has 0 spiro atoms. The summed E-state index contributed by atoms with van der Waals surface area (Å²) < 4.78 is 10.9. The van der Waals surface area contributed by atoms with E-state index in [4.69, 9.17) is 32.7 Å². The molecule has 1 aliphatic heterocycles. The molecule has 1 atom stereocenters. The van der Waals surface area contributed by atoms with Gasteiger partial charge in [-0.2, -0.15) is 0 Å². The molecule has 38 heavy (non-hydrogen) atoms. The summed E-state index contributed by atoms with van der Waals surface area (Å²) in [5.74, 6) is 1.26. The molecule has 0 bridgehead atoms. The van der Waals surface area contributed by atoms with Gasteiger partial charge >= 0.3 is 0 Å². The maximum atomic E-state index is 13.9. The average Bonchev–Trinajstić information content (AvgIpc) is 3.38. The topological polar surface area (TPSA) is 67.9 Å². The van der Waals surface area contributed by atoms with Crippen LogP contribution in [0.4, 0.5) is 0 Å². The van der Waals surface area contributed by atoms with Gasteiger partial charge in [0.1, 0.15) is 6.04 Å². The lowest BCUT2D eigenvalue weighted by Gasteiger charge is -2.32. The fourth-order valence-electron chi connectivity index (χ4n) is 4.32. The molecule has 6 nitrogen and oxygen atoms in total. The normalized spacial score (nSPS) is 12.9. The van der Waals surface area contributed by atoms with E-state index in [0.717, 1.165) is 11.1 Å². The Morgan fingerprint density at radius 3 is 2.34 bits per heavy atom. The van der Waals surface area contributed by atoms with Gasteiger partial charge in [-0.1, -0.05) is 79.5 Å². The highest BCUT2D eigenvalue weighted by Gasteiger charge is 2.31. The first-order valence-electron chi connectivity index (χ1n) is 12.7. The number of nitrogens with zero attached hydrogens (tertiary/aromatic N) is 1. The fourth-order valence-corrected chi connectivity index (χ4v) is 4.84. The van der Waals surface area contributed by atoms with E-state index in [1.807, 2.05) is 62.4 Å². The quantitative estimate of drug-likeness (QED) is 0.312. The van der Waals surface area contributed by atoms with Crippen molar-refractivity contribution >= 4 is 35.0 Å². The van der Waals surface area contributed by atoms with Crippen LogP contribution in [-0.4, -0.2) is 36.1 Å². The van der Waals surface area contributed by atoms with E-state index in [1.54, 1.807) is 23.1 Å². The predicted octanol–water partition coefficient (Wildman–Crippen LogP) is 6.07. The van der Waals surface area contributed by atoms with Gasteiger partial charge in [0.05, 0.1) is 0 Å². The van der Waals surface area contributed by atoms with Crippen molar-refractivity contribution in [1.82, 2.24) is 10.2 Å². The fraction of sp³-hybridized carbons (Fsp3) is 0.333. The van der Waals surface area contributed by atoms with Crippen LogP contribution in [0, 0.1) is 5.92 Å². The molecular weight excluding hydrogens is 523 g/mol. The van der Waals surface area contributed by atoms with Gasteiger partial charge in [-0.3, -0.25) is 9.59 Å². The van der Waals surface area contributed by atoms with Crippen molar-refractivity contribution in [1.29, 1.82) is 0 Å². The Morgan fingerprint density at radius 2 is 1.63 bits per heavy atom. The van der Waals surface area contributed by atoms with Gasteiger partial charge in [-0.15, -0.1) is 0 Å². The second-order valence-corrected chi connectivity index (χ2v) is 10.6. The lowest BCUT2D eigenvalue weighted by Crippen LogP contribution is -2.51. The molecule has 200 valence electrons. The first kappa shape index (κ1) is 27.8. The number of fused-ring (bicyclic) bond motifs is 1. The van der Waals surface area contributed by atoms with E-state index in [0.29, 0.717) is 46.5 Å². The van der Waals surface area contributed by atoms with Gasteiger partial charge in [0.25, 0.3) is 0 Å². The van der Waals surface area contributed by atoms with Crippen LogP contribution in [-0.2, 0) is 29.0 Å². The van der Waals surface area contributed by atoms with Crippen LogP contribution in [0.15, 0.2) is 66.7 Å². The van der Waals surface area contributed by atoms with Crippen molar-refractivity contribution in [2.24, 2.45) is 5.92 Å². The molecule has 0 fully saturated rings. The first-order chi connectivity index (χ1) is 18.3. The number of benzene rings is 3. The zero-order valence-corrected chi connectivity index (χ0v) is 23.1. The smallest absolute Gasteiger partial charge is 0.243 e. The van der Waals surface area contributed by atoms with Crippen molar-refractivity contribution in [2.45, 2.75) is 45.7 Å². The summed E-state index contributed by atoms with van der Waals surface area (Å²) in [7, 11) is 0. The number of hydrogen-bond acceptors (Lipinski definition) is 4.